The summed E-state index contributed by atoms with van der Waals surface area (Å²) < 4.78 is 3.55. The van der Waals surface area contributed by atoms with Crippen molar-refractivity contribution in [3.8, 4) is 0 Å². The van der Waals surface area contributed by atoms with Crippen LogP contribution < -0.4 is 11.1 Å². The average molecular weight is 398 g/mol. The molecule has 146 valence electrons. The predicted molar refractivity (Wildman–Crippen MR) is 106 cm³/mol. The number of carbonyl (C=O) groups is 1. The first-order valence-electron chi connectivity index (χ1n) is 9.70. The summed E-state index contributed by atoms with van der Waals surface area (Å²) in [7, 11) is 0. The molecule has 1 saturated heterocycles. The van der Waals surface area contributed by atoms with Crippen LogP contribution in [0, 0.1) is 12.8 Å². The lowest BCUT2D eigenvalue weighted by Gasteiger charge is -2.43. The molecule has 7 nitrogen and oxygen atoms in total. The highest BCUT2D eigenvalue weighted by Gasteiger charge is 2.37. The van der Waals surface area contributed by atoms with Gasteiger partial charge in [0.1, 0.15) is 0 Å². The molecule has 3 aliphatic heterocycles. The minimum absolute atomic E-state index is 0.0498. The molecule has 1 fully saturated rings. The minimum atomic E-state index is -0.134. The molecule has 0 N–H and O–H groups in total. The highest BCUT2D eigenvalue weighted by Crippen LogP contribution is 2.37. The number of amides is 1. The van der Waals surface area contributed by atoms with E-state index in [0.29, 0.717) is 48.6 Å². The van der Waals surface area contributed by atoms with Crippen LogP contribution >= 0.6 is 11.8 Å². The van der Waals surface area contributed by atoms with E-state index in [2.05, 4.69) is 4.98 Å². The zero-order valence-corrected chi connectivity index (χ0v) is 16.5. The number of nitrogens with zero attached hydrogens (tertiary/aromatic N) is 4. The number of carbonyl (C=O) groups excluding carboxylic acids is 1. The standard InChI is InChI=1S/C20H22N4O3S/c1-12-5-19(27)24-15(11-28-20(24)21-12)7-18(26)22-8-13-6-14(10-22)16-3-2-4-17(25)23(16)9-13/h2-5,13-15H,6-11H2,1H3. The Morgan fingerprint density at radius 2 is 2.07 bits per heavy atom. The first-order valence-corrected chi connectivity index (χ1v) is 10.7. The van der Waals surface area contributed by atoms with Gasteiger partial charge in [-0.05, 0) is 25.3 Å². The van der Waals surface area contributed by atoms with Crippen molar-refractivity contribution in [2.24, 2.45) is 5.92 Å². The van der Waals surface area contributed by atoms with Gasteiger partial charge in [0.15, 0.2) is 5.16 Å². The Labute approximate surface area is 166 Å². The van der Waals surface area contributed by atoms with E-state index in [4.69, 9.17) is 0 Å². The molecular weight excluding hydrogens is 376 g/mol. The van der Waals surface area contributed by atoms with Crippen molar-refractivity contribution in [2.75, 3.05) is 18.8 Å². The first-order chi connectivity index (χ1) is 13.5. The third-order valence-electron chi connectivity index (χ3n) is 6.06. The molecule has 0 spiro atoms. The van der Waals surface area contributed by atoms with E-state index < -0.39 is 0 Å². The van der Waals surface area contributed by atoms with E-state index in [0.717, 1.165) is 12.1 Å². The van der Waals surface area contributed by atoms with Gasteiger partial charge in [0.05, 0.1) is 6.04 Å². The van der Waals surface area contributed by atoms with E-state index >= 15 is 0 Å². The number of aryl methyl sites for hydroxylation is 1. The van der Waals surface area contributed by atoms with Crippen LogP contribution in [0.25, 0.3) is 0 Å². The third-order valence-corrected chi connectivity index (χ3v) is 7.16. The Balaban J connectivity index is 1.35. The smallest absolute Gasteiger partial charge is 0.254 e. The zero-order chi connectivity index (χ0) is 19.4. The third kappa shape index (κ3) is 2.90. The highest BCUT2D eigenvalue weighted by molar-refractivity contribution is 7.99. The summed E-state index contributed by atoms with van der Waals surface area (Å²) in [5.41, 5.74) is 1.73. The van der Waals surface area contributed by atoms with Crippen LogP contribution in [0.15, 0.2) is 39.0 Å². The summed E-state index contributed by atoms with van der Waals surface area (Å²) in [5, 5.41) is 0.714. The maximum atomic E-state index is 13.1. The lowest BCUT2D eigenvalue weighted by atomic mass is 9.83. The molecule has 5 heterocycles. The zero-order valence-electron chi connectivity index (χ0n) is 15.7. The normalized spacial score (nSPS) is 25.3. The van der Waals surface area contributed by atoms with Gasteiger partial charge in [-0.3, -0.25) is 19.0 Å². The van der Waals surface area contributed by atoms with Gasteiger partial charge in [0.25, 0.3) is 11.1 Å². The Kier molecular flexibility index (Phi) is 4.19. The topological polar surface area (TPSA) is 77.2 Å². The largest absolute Gasteiger partial charge is 0.342 e. The number of likely N-dealkylation sites (tertiary alicyclic amines) is 1. The molecule has 3 unspecified atom stereocenters. The number of piperidine rings is 1. The quantitative estimate of drug-likeness (QED) is 0.715. The van der Waals surface area contributed by atoms with Crippen molar-refractivity contribution in [3.05, 3.63) is 56.4 Å². The molecular formula is C20H22N4O3S. The summed E-state index contributed by atoms with van der Waals surface area (Å²) >= 11 is 1.55. The van der Waals surface area contributed by atoms with Crippen molar-refractivity contribution in [1.82, 2.24) is 19.0 Å². The maximum Gasteiger partial charge on any atom is 0.254 e. The molecule has 0 radical (unpaired) electrons. The Morgan fingerprint density at radius 3 is 2.93 bits per heavy atom. The lowest BCUT2D eigenvalue weighted by molar-refractivity contribution is -0.134. The number of aromatic nitrogens is 3. The van der Waals surface area contributed by atoms with Gasteiger partial charge in [0.2, 0.25) is 5.91 Å². The molecule has 5 rings (SSSR count). The highest BCUT2D eigenvalue weighted by atomic mass is 32.2. The molecule has 0 aliphatic carbocycles. The van der Waals surface area contributed by atoms with Crippen LogP contribution in [-0.4, -0.2) is 43.8 Å². The molecule has 0 aromatic carbocycles. The van der Waals surface area contributed by atoms with E-state index in [1.807, 2.05) is 28.5 Å². The van der Waals surface area contributed by atoms with Crippen LogP contribution in [0.2, 0.25) is 0 Å². The van der Waals surface area contributed by atoms with Crippen molar-refractivity contribution in [2.45, 2.75) is 43.4 Å². The molecule has 8 heteroatoms. The monoisotopic (exact) mass is 398 g/mol. The number of hydrogen-bond donors (Lipinski definition) is 0. The van der Waals surface area contributed by atoms with Crippen molar-refractivity contribution in [1.29, 1.82) is 0 Å². The van der Waals surface area contributed by atoms with Gasteiger partial charge in [-0.1, -0.05) is 17.8 Å². The van der Waals surface area contributed by atoms with Gasteiger partial charge in [-0.25, -0.2) is 4.98 Å². The number of rotatable bonds is 2. The average Bonchev–Trinajstić information content (AvgIpc) is 3.05. The second-order valence-electron chi connectivity index (χ2n) is 8.05. The van der Waals surface area contributed by atoms with Crippen LogP contribution in [0.4, 0.5) is 0 Å². The SMILES string of the molecule is Cc1cc(=O)n2c(n1)SCC2CC(=O)N1CC2CC(C1)c1cccc(=O)n1C2. The summed E-state index contributed by atoms with van der Waals surface area (Å²) in [6, 6.07) is 6.82. The van der Waals surface area contributed by atoms with Gasteiger partial charge < -0.3 is 9.47 Å². The summed E-state index contributed by atoms with van der Waals surface area (Å²) in [6.45, 7) is 3.83. The molecule has 2 aromatic rings. The van der Waals surface area contributed by atoms with Crippen molar-refractivity contribution < 1.29 is 4.79 Å². The summed E-state index contributed by atoms with van der Waals surface area (Å²) in [5.74, 6) is 1.32. The summed E-state index contributed by atoms with van der Waals surface area (Å²) in [4.78, 5) is 44.0. The number of pyridine rings is 1. The maximum absolute atomic E-state index is 13.1. The first kappa shape index (κ1) is 17.7. The molecule has 2 bridgehead atoms. The van der Waals surface area contributed by atoms with Gasteiger partial charge in [-0.2, -0.15) is 0 Å². The molecule has 2 aromatic heterocycles. The van der Waals surface area contributed by atoms with Gasteiger partial charge in [-0.15, -0.1) is 0 Å². The Morgan fingerprint density at radius 1 is 1.21 bits per heavy atom. The fraction of sp³-hybridized carbons (Fsp3) is 0.500. The molecule has 1 amide bonds. The van der Waals surface area contributed by atoms with Crippen LogP contribution in [-0.2, 0) is 11.3 Å². The second kappa shape index (κ2) is 6.62. The van der Waals surface area contributed by atoms with Gasteiger partial charge in [0, 0.05) is 61.2 Å². The van der Waals surface area contributed by atoms with Crippen molar-refractivity contribution in [3.63, 3.8) is 0 Å². The van der Waals surface area contributed by atoms with Gasteiger partial charge >= 0.3 is 0 Å². The van der Waals surface area contributed by atoms with Crippen LogP contribution in [0.1, 0.15) is 36.2 Å². The van der Waals surface area contributed by atoms with E-state index in [9.17, 15) is 14.4 Å². The van der Waals surface area contributed by atoms with E-state index in [-0.39, 0.29) is 29.0 Å². The summed E-state index contributed by atoms with van der Waals surface area (Å²) in [6.07, 6.45) is 1.35. The number of thioether (sulfide) groups is 1. The Hall–Kier alpha value is -2.35. The fourth-order valence-electron chi connectivity index (χ4n) is 4.84. The Bertz CT molecular complexity index is 1080. The second-order valence-corrected chi connectivity index (χ2v) is 9.04. The predicted octanol–water partition coefficient (Wildman–Crippen LogP) is 1.40. The minimum Gasteiger partial charge on any atom is -0.342 e. The van der Waals surface area contributed by atoms with E-state index in [1.165, 1.54) is 6.07 Å². The molecule has 3 aliphatic rings. The fourth-order valence-corrected chi connectivity index (χ4v) is 6.04. The van der Waals surface area contributed by atoms with Crippen LogP contribution in [0.3, 0.4) is 0 Å². The number of fused-ring (bicyclic) bond motifs is 5. The van der Waals surface area contributed by atoms with Crippen LogP contribution in [0.5, 0.6) is 0 Å². The molecule has 3 atom stereocenters. The molecule has 28 heavy (non-hydrogen) atoms. The lowest BCUT2D eigenvalue weighted by Crippen LogP contribution is -2.49. The van der Waals surface area contributed by atoms with Crippen molar-refractivity contribution >= 4 is 17.7 Å². The molecule has 0 saturated carbocycles. The van der Waals surface area contributed by atoms with E-state index in [1.54, 1.807) is 22.4 Å². The number of hydrogen-bond acceptors (Lipinski definition) is 5.